The predicted molar refractivity (Wildman–Crippen MR) is 88.7 cm³/mol. The first-order valence-electron chi connectivity index (χ1n) is 7.86. The van der Waals surface area contributed by atoms with E-state index in [1.807, 2.05) is 0 Å². The number of benzene rings is 2. The first-order chi connectivity index (χ1) is 10.3. The van der Waals surface area contributed by atoms with Crippen molar-refractivity contribution in [2.24, 2.45) is 11.8 Å². The fourth-order valence-corrected chi connectivity index (χ4v) is 8.27. The summed E-state index contributed by atoms with van der Waals surface area (Å²) in [6.07, 6.45) is 6.37. The SMILES string of the molecule is C[C@@]12c3ccccc3[S+](c3ccccc3)[C@@H]1[C@@H]1C=C[C@H]2C1. The standard InChI is InChI=1S/C20H19S/c1-20-15-12-11-14(13-15)19(20)21(16-7-3-2-4-8-16)18-10-6-5-9-17(18)20/h2-12,14-15,19H,13H2,1H3/q+1/t14-,15+,19-,20-,21?/m1/s1. The predicted octanol–water partition coefficient (Wildman–Crippen LogP) is 4.57. The van der Waals surface area contributed by atoms with Crippen molar-refractivity contribution < 1.29 is 0 Å². The van der Waals surface area contributed by atoms with Crippen LogP contribution in [0.4, 0.5) is 0 Å². The van der Waals surface area contributed by atoms with Crippen LogP contribution in [-0.4, -0.2) is 5.25 Å². The van der Waals surface area contributed by atoms with E-state index >= 15 is 0 Å². The lowest BCUT2D eigenvalue weighted by atomic mass is 9.72. The highest BCUT2D eigenvalue weighted by atomic mass is 32.2. The third-order valence-corrected chi connectivity index (χ3v) is 8.78. The molecule has 0 amide bonds. The summed E-state index contributed by atoms with van der Waals surface area (Å²) in [5.41, 5.74) is 1.98. The molecule has 0 radical (unpaired) electrons. The topological polar surface area (TPSA) is 0 Å². The summed E-state index contributed by atoms with van der Waals surface area (Å²) in [5, 5.41) is 0.771. The van der Waals surface area contributed by atoms with Gasteiger partial charge in [-0.05, 0) is 37.5 Å². The third-order valence-electron chi connectivity index (χ3n) is 5.82. The summed E-state index contributed by atoms with van der Waals surface area (Å²) in [6, 6.07) is 20.4. The normalized spacial score (nSPS) is 38.5. The molecule has 1 heterocycles. The Labute approximate surface area is 129 Å². The van der Waals surface area contributed by atoms with Gasteiger partial charge in [0, 0.05) is 11.5 Å². The molecule has 1 aliphatic heterocycles. The molecule has 2 aromatic rings. The number of rotatable bonds is 1. The van der Waals surface area contributed by atoms with Crippen molar-refractivity contribution >= 4 is 10.9 Å². The van der Waals surface area contributed by atoms with Gasteiger partial charge in [-0.15, -0.1) is 0 Å². The average molecular weight is 291 g/mol. The molecule has 3 aliphatic rings. The van der Waals surface area contributed by atoms with E-state index in [1.165, 1.54) is 11.3 Å². The van der Waals surface area contributed by atoms with Crippen molar-refractivity contribution in [3.63, 3.8) is 0 Å². The summed E-state index contributed by atoms with van der Waals surface area (Å²) >= 11 is 0. The molecule has 1 saturated carbocycles. The third kappa shape index (κ3) is 1.38. The zero-order valence-corrected chi connectivity index (χ0v) is 13.0. The van der Waals surface area contributed by atoms with Crippen LogP contribution in [0.25, 0.3) is 0 Å². The Morgan fingerprint density at radius 2 is 1.71 bits per heavy atom. The highest BCUT2D eigenvalue weighted by Gasteiger charge is 2.68. The summed E-state index contributed by atoms with van der Waals surface area (Å²) in [6.45, 7) is 2.53. The Hall–Kier alpha value is -1.47. The van der Waals surface area contributed by atoms with Gasteiger partial charge in [0.15, 0.2) is 9.79 Å². The largest absolute Gasteiger partial charge is 0.164 e. The molecule has 0 aromatic heterocycles. The zero-order chi connectivity index (χ0) is 14.0. The van der Waals surface area contributed by atoms with Crippen molar-refractivity contribution in [3.05, 3.63) is 72.3 Å². The summed E-state index contributed by atoms with van der Waals surface area (Å²) in [7, 11) is 0.239. The van der Waals surface area contributed by atoms with Gasteiger partial charge in [0.1, 0.15) is 5.25 Å². The lowest BCUT2D eigenvalue weighted by Crippen LogP contribution is -2.39. The molecule has 0 saturated heterocycles. The monoisotopic (exact) mass is 291 g/mol. The minimum Gasteiger partial charge on any atom is -0.0838 e. The zero-order valence-electron chi connectivity index (χ0n) is 12.2. The van der Waals surface area contributed by atoms with Crippen LogP contribution in [0.2, 0.25) is 0 Å². The van der Waals surface area contributed by atoms with Gasteiger partial charge in [0.05, 0.1) is 16.3 Å². The molecule has 2 aliphatic carbocycles. The molecule has 5 rings (SSSR count). The van der Waals surface area contributed by atoms with E-state index in [0.29, 0.717) is 5.41 Å². The second kappa shape index (κ2) is 4.04. The molecule has 104 valence electrons. The van der Waals surface area contributed by atoms with Crippen molar-refractivity contribution in [1.82, 2.24) is 0 Å². The van der Waals surface area contributed by atoms with E-state index in [2.05, 4.69) is 73.7 Å². The molecule has 21 heavy (non-hydrogen) atoms. The van der Waals surface area contributed by atoms with Crippen molar-refractivity contribution in [2.75, 3.05) is 0 Å². The van der Waals surface area contributed by atoms with Crippen LogP contribution in [0.3, 0.4) is 0 Å². The molecule has 1 heteroatoms. The molecule has 0 spiro atoms. The van der Waals surface area contributed by atoms with Gasteiger partial charge >= 0.3 is 0 Å². The number of allylic oxidation sites excluding steroid dienone is 2. The van der Waals surface area contributed by atoms with Gasteiger partial charge in [0.25, 0.3) is 0 Å². The molecule has 5 atom stereocenters. The molecule has 1 fully saturated rings. The highest BCUT2D eigenvalue weighted by molar-refractivity contribution is 7.98. The average Bonchev–Trinajstić information content (AvgIpc) is 3.18. The van der Waals surface area contributed by atoms with Gasteiger partial charge in [-0.1, -0.05) is 48.6 Å². The Kier molecular flexibility index (Phi) is 2.33. The summed E-state index contributed by atoms with van der Waals surface area (Å²) in [5.74, 6) is 1.52. The van der Waals surface area contributed by atoms with Gasteiger partial charge in [0.2, 0.25) is 0 Å². The molecular weight excluding hydrogens is 272 g/mol. The molecule has 0 N–H and O–H groups in total. The van der Waals surface area contributed by atoms with Crippen molar-refractivity contribution in [2.45, 2.75) is 33.8 Å². The maximum absolute atomic E-state index is 2.53. The van der Waals surface area contributed by atoms with Crippen molar-refractivity contribution in [3.8, 4) is 0 Å². The molecule has 2 aromatic carbocycles. The van der Waals surface area contributed by atoms with Gasteiger partial charge in [-0.2, -0.15) is 0 Å². The Morgan fingerprint density at radius 3 is 2.57 bits per heavy atom. The van der Waals surface area contributed by atoms with Crippen molar-refractivity contribution in [1.29, 1.82) is 0 Å². The van der Waals surface area contributed by atoms with E-state index in [-0.39, 0.29) is 10.9 Å². The van der Waals surface area contributed by atoms with Gasteiger partial charge in [-0.3, -0.25) is 0 Å². The highest BCUT2D eigenvalue weighted by Crippen LogP contribution is 2.63. The molecule has 1 unspecified atom stereocenters. The van der Waals surface area contributed by atoms with Crippen LogP contribution in [0.15, 0.2) is 76.5 Å². The van der Waals surface area contributed by atoms with Crippen LogP contribution in [0, 0.1) is 11.8 Å². The first kappa shape index (κ1) is 12.1. The molecule has 0 nitrogen and oxygen atoms in total. The van der Waals surface area contributed by atoms with Crippen LogP contribution in [-0.2, 0) is 16.3 Å². The first-order valence-corrected chi connectivity index (χ1v) is 9.15. The lowest BCUT2D eigenvalue weighted by Gasteiger charge is -2.30. The van der Waals surface area contributed by atoms with E-state index in [1.54, 1.807) is 10.5 Å². The van der Waals surface area contributed by atoms with Crippen LogP contribution >= 0.6 is 0 Å². The van der Waals surface area contributed by atoms with E-state index in [9.17, 15) is 0 Å². The van der Waals surface area contributed by atoms with Crippen LogP contribution < -0.4 is 0 Å². The van der Waals surface area contributed by atoms with E-state index < -0.39 is 0 Å². The fraction of sp³-hybridized carbons (Fsp3) is 0.300. The lowest BCUT2D eigenvalue weighted by molar-refractivity contribution is 0.409. The minimum atomic E-state index is 0.239. The second-order valence-electron chi connectivity index (χ2n) is 6.74. The van der Waals surface area contributed by atoms with E-state index in [0.717, 1.165) is 17.1 Å². The quantitative estimate of drug-likeness (QED) is 0.533. The molecular formula is C20H19S+. The van der Waals surface area contributed by atoms with Crippen LogP contribution in [0.5, 0.6) is 0 Å². The number of hydrogen-bond acceptors (Lipinski definition) is 0. The Balaban J connectivity index is 1.78. The van der Waals surface area contributed by atoms with E-state index in [4.69, 9.17) is 0 Å². The van der Waals surface area contributed by atoms with Crippen LogP contribution in [0.1, 0.15) is 18.9 Å². The van der Waals surface area contributed by atoms with Gasteiger partial charge < -0.3 is 0 Å². The Morgan fingerprint density at radius 1 is 0.952 bits per heavy atom. The summed E-state index contributed by atoms with van der Waals surface area (Å²) < 4.78 is 0. The maximum atomic E-state index is 2.53. The minimum absolute atomic E-state index is 0.239. The second-order valence-corrected chi connectivity index (χ2v) is 8.84. The van der Waals surface area contributed by atoms with Gasteiger partial charge in [-0.25, -0.2) is 0 Å². The fourth-order valence-electron chi connectivity index (χ4n) is 4.91. The smallest absolute Gasteiger partial charge is 0.0838 e. The maximum Gasteiger partial charge on any atom is 0.164 e. The summed E-state index contributed by atoms with van der Waals surface area (Å²) in [4.78, 5) is 3.13. The molecule has 2 bridgehead atoms. The Bertz CT molecular complexity index is 733. The number of hydrogen-bond donors (Lipinski definition) is 0. The number of fused-ring (bicyclic) bond motifs is 7.